The van der Waals surface area contributed by atoms with E-state index in [-0.39, 0.29) is 5.96 Å². The van der Waals surface area contributed by atoms with Gasteiger partial charge in [0.15, 0.2) is 11.5 Å². The van der Waals surface area contributed by atoms with Crippen molar-refractivity contribution in [3.05, 3.63) is 58.6 Å². The van der Waals surface area contributed by atoms with Gasteiger partial charge in [-0.2, -0.15) is 5.10 Å². The van der Waals surface area contributed by atoms with E-state index in [0.717, 1.165) is 5.56 Å². The summed E-state index contributed by atoms with van der Waals surface area (Å²) in [6, 6.07) is 12.9. The largest absolute Gasteiger partial charge is 0.493 e. The number of halogens is 1. The molecule has 4 N–H and O–H groups in total. The van der Waals surface area contributed by atoms with Crippen LogP contribution in [0.4, 0.5) is 0 Å². The fourth-order valence-electron chi connectivity index (χ4n) is 1.87. The second-order valence-electron chi connectivity index (χ2n) is 4.53. The SMILES string of the molecule is COc1cccc(C=NN=C(N)N)c1OCc1ccccc1Cl. The quantitative estimate of drug-likeness (QED) is 0.482. The molecule has 120 valence electrons. The minimum absolute atomic E-state index is 0.123. The molecule has 0 fully saturated rings. The minimum Gasteiger partial charge on any atom is -0.493 e. The summed E-state index contributed by atoms with van der Waals surface area (Å²) >= 11 is 6.14. The Morgan fingerprint density at radius 3 is 2.65 bits per heavy atom. The Hall–Kier alpha value is -2.73. The highest BCUT2D eigenvalue weighted by atomic mass is 35.5. The molecule has 0 saturated carbocycles. The van der Waals surface area contributed by atoms with E-state index in [9.17, 15) is 0 Å². The smallest absolute Gasteiger partial charge is 0.211 e. The van der Waals surface area contributed by atoms with Crippen LogP contribution in [0.25, 0.3) is 0 Å². The fourth-order valence-corrected chi connectivity index (χ4v) is 2.06. The maximum Gasteiger partial charge on any atom is 0.211 e. The number of para-hydroxylation sites is 1. The van der Waals surface area contributed by atoms with Crippen molar-refractivity contribution in [2.45, 2.75) is 6.61 Å². The Labute approximate surface area is 139 Å². The summed E-state index contributed by atoms with van der Waals surface area (Å²) < 4.78 is 11.2. The molecular formula is C16H17ClN4O2. The molecule has 0 atom stereocenters. The zero-order chi connectivity index (χ0) is 16.7. The van der Waals surface area contributed by atoms with Gasteiger partial charge >= 0.3 is 0 Å². The molecule has 6 nitrogen and oxygen atoms in total. The first kappa shape index (κ1) is 16.6. The first-order chi connectivity index (χ1) is 11.1. The van der Waals surface area contributed by atoms with Gasteiger partial charge in [0, 0.05) is 16.1 Å². The van der Waals surface area contributed by atoms with E-state index in [4.69, 9.17) is 32.5 Å². The maximum atomic E-state index is 6.14. The van der Waals surface area contributed by atoms with Gasteiger partial charge in [0.2, 0.25) is 5.96 Å². The van der Waals surface area contributed by atoms with Crippen LogP contribution in [-0.4, -0.2) is 19.3 Å². The molecule has 0 spiro atoms. The van der Waals surface area contributed by atoms with Crippen LogP contribution in [-0.2, 0) is 6.61 Å². The number of rotatable bonds is 6. The average molecular weight is 333 g/mol. The van der Waals surface area contributed by atoms with Crippen LogP contribution in [0.3, 0.4) is 0 Å². The van der Waals surface area contributed by atoms with Gasteiger partial charge in [-0.1, -0.05) is 35.9 Å². The number of methoxy groups -OCH3 is 1. The molecule has 2 rings (SSSR count). The molecule has 0 amide bonds. The predicted molar refractivity (Wildman–Crippen MR) is 92.2 cm³/mol. The first-order valence-corrected chi connectivity index (χ1v) is 7.14. The van der Waals surface area contributed by atoms with Crippen LogP contribution < -0.4 is 20.9 Å². The highest BCUT2D eigenvalue weighted by Gasteiger charge is 2.10. The van der Waals surface area contributed by atoms with E-state index >= 15 is 0 Å². The van der Waals surface area contributed by atoms with Crippen molar-refractivity contribution in [3.63, 3.8) is 0 Å². The van der Waals surface area contributed by atoms with E-state index in [0.29, 0.717) is 28.7 Å². The molecule has 0 aliphatic heterocycles. The van der Waals surface area contributed by atoms with Crippen LogP contribution in [0, 0.1) is 0 Å². The van der Waals surface area contributed by atoms with Crippen molar-refractivity contribution in [2.75, 3.05) is 7.11 Å². The molecule has 0 aliphatic carbocycles. The van der Waals surface area contributed by atoms with Gasteiger partial charge in [-0.3, -0.25) is 0 Å². The van der Waals surface area contributed by atoms with Crippen molar-refractivity contribution in [1.82, 2.24) is 0 Å². The van der Waals surface area contributed by atoms with E-state index in [1.807, 2.05) is 36.4 Å². The molecular weight excluding hydrogens is 316 g/mol. The Morgan fingerprint density at radius 1 is 1.17 bits per heavy atom. The third-order valence-corrected chi connectivity index (χ3v) is 3.30. The zero-order valence-corrected chi connectivity index (χ0v) is 13.3. The second-order valence-corrected chi connectivity index (χ2v) is 4.94. The predicted octanol–water partition coefficient (Wildman–Crippen LogP) is 2.53. The normalized spacial score (nSPS) is 10.5. The molecule has 2 aromatic carbocycles. The zero-order valence-electron chi connectivity index (χ0n) is 12.6. The van der Waals surface area contributed by atoms with Crippen molar-refractivity contribution >= 4 is 23.8 Å². The molecule has 0 heterocycles. The van der Waals surface area contributed by atoms with Crippen LogP contribution in [0.5, 0.6) is 11.5 Å². The Bertz CT molecular complexity index is 728. The minimum atomic E-state index is -0.123. The van der Waals surface area contributed by atoms with E-state index in [1.165, 1.54) is 6.21 Å². The van der Waals surface area contributed by atoms with Gasteiger partial charge in [-0.25, -0.2) is 0 Å². The summed E-state index contributed by atoms with van der Waals surface area (Å²) in [6.07, 6.45) is 1.49. The summed E-state index contributed by atoms with van der Waals surface area (Å²) in [4.78, 5) is 0. The van der Waals surface area contributed by atoms with Crippen molar-refractivity contribution in [1.29, 1.82) is 0 Å². The molecule has 0 radical (unpaired) electrons. The number of ether oxygens (including phenoxy) is 2. The summed E-state index contributed by atoms with van der Waals surface area (Å²) in [5.74, 6) is 0.984. The van der Waals surface area contributed by atoms with Crippen molar-refractivity contribution < 1.29 is 9.47 Å². The van der Waals surface area contributed by atoms with Gasteiger partial charge in [0.1, 0.15) is 6.61 Å². The fraction of sp³-hybridized carbons (Fsp3) is 0.125. The summed E-state index contributed by atoms with van der Waals surface area (Å²) in [6.45, 7) is 0.295. The maximum absolute atomic E-state index is 6.14. The van der Waals surface area contributed by atoms with Gasteiger partial charge in [-0.15, -0.1) is 5.10 Å². The number of nitrogens with zero attached hydrogens (tertiary/aromatic N) is 2. The lowest BCUT2D eigenvalue weighted by Gasteiger charge is -2.13. The molecule has 7 heteroatoms. The first-order valence-electron chi connectivity index (χ1n) is 6.77. The Kier molecular flexibility index (Phi) is 5.82. The number of hydrogen-bond acceptors (Lipinski definition) is 4. The number of benzene rings is 2. The van der Waals surface area contributed by atoms with Gasteiger partial charge in [0.05, 0.1) is 13.3 Å². The molecule has 23 heavy (non-hydrogen) atoms. The van der Waals surface area contributed by atoms with E-state index < -0.39 is 0 Å². The van der Waals surface area contributed by atoms with Crippen LogP contribution >= 0.6 is 11.6 Å². The van der Waals surface area contributed by atoms with Crippen LogP contribution in [0.2, 0.25) is 5.02 Å². The number of hydrogen-bond donors (Lipinski definition) is 2. The molecule has 0 unspecified atom stereocenters. The second kappa shape index (κ2) is 8.05. The standard InChI is InChI=1S/C16H17ClN4O2/c1-22-14-8-4-6-11(9-20-21-16(18)19)15(14)23-10-12-5-2-3-7-13(12)17/h2-9H,10H2,1H3,(H4,18,19,21). The molecule has 2 aromatic rings. The number of guanidine groups is 1. The third kappa shape index (κ3) is 4.62. The summed E-state index contributed by atoms with van der Waals surface area (Å²) in [5.41, 5.74) is 12.0. The number of nitrogens with two attached hydrogens (primary N) is 2. The summed E-state index contributed by atoms with van der Waals surface area (Å²) in [5, 5.41) is 8.01. The Balaban J connectivity index is 2.26. The highest BCUT2D eigenvalue weighted by molar-refractivity contribution is 6.31. The van der Waals surface area contributed by atoms with Crippen molar-refractivity contribution in [2.24, 2.45) is 21.7 Å². The molecule has 0 aromatic heterocycles. The highest BCUT2D eigenvalue weighted by Crippen LogP contribution is 2.31. The van der Waals surface area contributed by atoms with E-state index in [2.05, 4.69) is 10.2 Å². The molecule has 0 aliphatic rings. The lowest BCUT2D eigenvalue weighted by atomic mass is 10.2. The average Bonchev–Trinajstić information content (AvgIpc) is 2.54. The summed E-state index contributed by atoms with van der Waals surface area (Å²) in [7, 11) is 1.56. The molecule has 0 saturated heterocycles. The van der Waals surface area contributed by atoms with Gasteiger partial charge in [-0.05, 0) is 18.2 Å². The lowest BCUT2D eigenvalue weighted by molar-refractivity contribution is 0.284. The third-order valence-electron chi connectivity index (χ3n) is 2.93. The lowest BCUT2D eigenvalue weighted by Crippen LogP contribution is -2.21. The van der Waals surface area contributed by atoms with Crippen LogP contribution in [0.1, 0.15) is 11.1 Å². The molecule has 0 bridgehead atoms. The monoisotopic (exact) mass is 332 g/mol. The topological polar surface area (TPSA) is 95.2 Å². The van der Waals surface area contributed by atoms with Gasteiger partial charge < -0.3 is 20.9 Å². The van der Waals surface area contributed by atoms with E-state index in [1.54, 1.807) is 13.2 Å². The van der Waals surface area contributed by atoms with Crippen molar-refractivity contribution in [3.8, 4) is 11.5 Å². The van der Waals surface area contributed by atoms with Gasteiger partial charge in [0.25, 0.3) is 0 Å². The van der Waals surface area contributed by atoms with Crippen LogP contribution in [0.15, 0.2) is 52.7 Å². The Morgan fingerprint density at radius 2 is 1.96 bits per heavy atom.